The van der Waals surface area contributed by atoms with Crippen LogP contribution in [0.2, 0.25) is 0 Å². The number of ether oxygens (including phenoxy) is 3. The number of urea groups is 1. The van der Waals surface area contributed by atoms with Crippen LogP contribution in [-0.4, -0.2) is 56.9 Å². The van der Waals surface area contributed by atoms with Gasteiger partial charge in [0.1, 0.15) is 12.4 Å². The van der Waals surface area contributed by atoms with Gasteiger partial charge >= 0.3 is 12.0 Å². The summed E-state index contributed by atoms with van der Waals surface area (Å²) in [7, 11) is 3.23. The molecule has 12 heteroatoms. The van der Waals surface area contributed by atoms with Crippen LogP contribution < -0.4 is 10.6 Å². The van der Waals surface area contributed by atoms with Crippen LogP contribution in [0.15, 0.2) is 115 Å². The lowest BCUT2D eigenvalue weighted by atomic mass is 9.99. The number of esters is 1. The van der Waals surface area contributed by atoms with Crippen LogP contribution in [-0.2, 0) is 45.6 Å². The number of hydrogen-bond donors (Lipinski definition) is 3. The predicted octanol–water partition coefficient (Wildman–Crippen LogP) is 5.90. The predicted molar refractivity (Wildman–Crippen MR) is 193 cm³/mol. The molecular weight excluding hydrogens is 667 g/mol. The fraction of sp³-hybridized carbons (Fsp3) is 0.282. The smallest absolute Gasteiger partial charge is 0.328 e. The highest BCUT2D eigenvalue weighted by molar-refractivity contribution is 7.99. The summed E-state index contributed by atoms with van der Waals surface area (Å²) in [4.78, 5) is 25.2. The Hall–Kier alpha value is -5.01. The first kappa shape index (κ1) is 35.8. The summed E-state index contributed by atoms with van der Waals surface area (Å²) in [6.07, 6.45) is 1.81. The Morgan fingerprint density at radius 1 is 0.922 bits per heavy atom. The number of benzene rings is 4. The Labute approximate surface area is 301 Å². The van der Waals surface area contributed by atoms with E-state index in [1.165, 1.54) is 7.11 Å². The fourth-order valence-corrected chi connectivity index (χ4v) is 6.77. The molecule has 2 heterocycles. The summed E-state index contributed by atoms with van der Waals surface area (Å²) in [5.74, 6) is 0.178. The summed E-state index contributed by atoms with van der Waals surface area (Å²) < 4.78 is 19.8. The first-order valence-electron chi connectivity index (χ1n) is 16.7. The zero-order chi connectivity index (χ0) is 35.6. The molecule has 0 aliphatic carbocycles. The molecule has 11 nitrogen and oxygen atoms in total. The van der Waals surface area contributed by atoms with Gasteiger partial charge in [-0.15, -0.1) is 10.2 Å². The second kappa shape index (κ2) is 17.3. The Bertz CT molecular complexity index is 1890. The summed E-state index contributed by atoms with van der Waals surface area (Å²) in [6.45, 7) is 0.261. The molecule has 1 fully saturated rings. The maximum Gasteiger partial charge on any atom is 0.328 e. The molecular formula is C39H41N5O6S. The average Bonchev–Trinajstić information content (AvgIpc) is 3.60. The highest BCUT2D eigenvalue weighted by Gasteiger charge is 2.32. The molecule has 1 aliphatic rings. The van der Waals surface area contributed by atoms with Gasteiger partial charge in [0, 0.05) is 37.8 Å². The normalized spacial score (nSPS) is 17.7. The molecule has 3 N–H and O–H groups in total. The topological polar surface area (TPSA) is 137 Å². The third-order valence-corrected chi connectivity index (χ3v) is 9.82. The first-order valence-corrected chi connectivity index (χ1v) is 17.7. The second-order valence-electron chi connectivity index (χ2n) is 12.3. The van der Waals surface area contributed by atoms with Crippen LogP contribution in [0.25, 0.3) is 11.1 Å². The molecule has 1 aliphatic heterocycles. The minimum absolute atomic E-state index is 0.0116. The fourth-order valence-electron chi connectivity index (χ4n) is 5.86. The number of aliphatic hydroxyl groups excluding tert-OH is 1. The number of aromatic nitrogens is 3. The number of amides is 2. The van der Waals surface area contributed by atoms with Crippen LogP contribution in [0.3, 0.4) is 0 Å². The van der Waals surface area contributed by atoms with Gasteiger partial charge in [-0.3, -0.25) is 0 Å². The maximum absolute atomic E-state index is 12.8. The van der Waals surface area contributed by atoms with Crippen molar-refractivity contribution < 1.29 is 28.9 Å². The zero-order valence-electron chi connectivity index (χ0n) is 28.5. The number of nitrogens with one attached hydrogen (secondary N) is 2. The molecule has 6 rings (SSSR count). The van der Waals surface area contributed by atoms with Crippen molar-refractivity contribution in [2.24, 2.45) is 7.05 Å². The zero-order valence-corrected chi connectivity index (χ0v) is 29.3. The lowest BCUT2D eigenvalue weighted by molar-refractivity contribution is -0.245. The monoisotopic (exact) mass is 707 g/mol. The number of aliphatic hydroxyl groups is 1. The highest BCUT2D eigenvalue weighted by Crippen LogP contribution is 2.39. The quantitative estimate of drug-likeness (QED) is 0.101. The van der Waals surface area contributed by atoms with E-state index in [-0.39, 0.29) is 25.4 Å². The number of carbonyl (C=O) groups excluding carboxylic acids is 2. The van der Waals surface area contributed by atoms with Gasteiger partial charge in [0.15, 0.2) is 11.4 Å². The van der Waals surface area contributed by atoms with Gasteiger partial charge < -0.3 is 34.5 Å². The molecule has 264 valence electrons. The minimum atomic E-state index is -0.812. The van der Waals surface area contributed by atoms with Gasteiger partial charge in [-0.25, -0.2) is 9.59 Å². The molecule has 4 atom stereocenters. The molecule has 0 radical (unpaired) electrons. The molecule has 1 saturated heterocycles. The summed E-state index contributed by atoms with van der Waals surface area (Å²) >= 11 is 1.60. The summed E-state index contributed by atoms with van der Waals surface area (Å²) in [5, 5.41) is 24.1. The summed E-state index contributed by atoms with van der Waals surface area (Å²) in [5.41, 5.74) is 6.58. The van der Waals surface area contributed by atoms with Gasteiger partial charge in [-0.05, 0) is 39.4 Å². The SMILES string of the molecule is COC(=O)C(Cc1ccccc1)NC(=O)NCc1cccc(-c2ccc(C3OC(CSc4nncn4C)CC(c4ccc(CO)cc4)O3)cc2)c1. The van der Waals surface area contributed by atoms with E-state index in [0.717, 1.165) is 44.1 Å². The van der Waals surface area contributed by atoms with Gasteiger partial charge in [0.2, 0.25) is 0 Å². The molecule has 1 aromatic heterocycles. The maximum atomic E-state index is 12.8. The average molecular weight is 708 g/mol. The number of rotatable bonds is 13. The Morgan fingerprint density at radius 2 is 1.67 bits per heavy atom. The Kier molecular flexibility index (Phi) is 12.1. The van der Waals surface area contributed by atoms with Crippen molar-refractivity contribution in [1.29, 1.82) is 0 Å². The molecule has 2 amide bonds. The van der Waals surface area contributed by atoms with E-state index in [1.54, 1.807) is 18.1 Å². The lowest BCUT2D eigenvalue weighted by Crippen LogP contribution is -2.47. The standard InChI is InChI=1S/C39H41N5O6S/c1-44-25-41-43-39(44)51-24-33-21-35(30-13-11-27(23-45)12-14-30)50-37(49-33)31-17-15-29(16-18-31)32-10-6-9-28(19-32)22-40-38(47)42-34(36(46)48-2)20-26-7-4-3-5-8-26/h3-19,25,33-35,37,45H,20-24H2,1-2H3,(H2,40,42,47). The van der Waals surface area contributed by atoms with Gasteiger partial charge in [-0.2, -0.15) is 0 Å². The number of aryl methyl sites for hydroxylation is 1. The number of hydrogen-bond acceptors (Lipinski definition) is 9. The van der Waals surface area contributed by atoms with Gasteiger partial charge in [0.25, 0.3) is 0 Å². The molecule has 0 saturated carbocycles. The van der Waals surface area contributed by atoms with E-state index in [4.69, 9.17) is 14.2 Å². The van der Waals surface area contributed by atoms with Crippen molar-refractivity contribution >= 4 is 23.8 Å². The third-order valence-electron chi connectivity index (χ3n) is 8.65. The number of nitrogens with zero attached hydrogens (tertiary/aromatic N) is 3. The first-order chi connectivity index (χ1) is 24.9. The van der Waals surface area contributed by atoms with Crippen molar-refractivity contribution in [1.82, 2.24) is 25.4 Å². The minimum Gasteiger partial charge on any atom is -0.467 e. The molecule has 5 aromatic rings. The van der Waals surface area contributed by atoms with Crippen molar-refractivity contribution in [3.8, 4) is 11.1 Å². The van der Waals surface area contributed by atoms with E-state index in [2.05, 4.69) is 20.8 Å². The van der Waals surface area contributed by atoms with Crippen LogP contribution in [0.1, 0.15) is 46.6 Å². The second-order valence-corrected chi connectivity index (χ2v) is 13.3. The van der Waals surface area contributed by atoms with Crippen molar-refractivity contribution in [2.75, 3.05) is 12.9 Å². The molecule has 4 aromatic carbocycles. The number of methoxy groups -OCH3 is 1. The molecule has 51 heavy (non-hydrogen) atoms. The third kappa shape index (κ3) is 9.62. The van der Waals surface area contributed by atoms with E-state index in [1.807, 2.05) is 115 Å². The molecule has 0 bridgehead atoms. The molecule has 4 unspecified atom stereocenters. The van der Waals surface area contributed by atoms with E-state index < -0.39 is 24.3 Å². The van der Waals surface area contributed by atoms with E-state index in [9.17, 15) is 14.7 Å². The highest BCUT2D eigenvalue weighted by atomic mass is 32.2. The molecule has 0 spiro atoms. The van der Waals surface area contributed by atoms with Crippen molar-refractivity contribution in [3.63, 3.8) is 0 Å². The van der Waals surface area contributed by atoms with E-state index in [0.29, 0.717) is 18.6 Å². The van der Waals surface area contributed by atoms with Crippen LogP contribution in [0, 0.1) is 0 Å². The van der Waals surface area contributed by atoms with Gasteiger partial charge in [0.05, 0.1) is 25.9 Å². The van der Waals surface area contributed by atoms with Gasteiger partial charge in [-0.1, -0.05) is 109 Å². The Balaban J connectivity index is 1.10. The van der Waals surface area contributed by atoms with Crippen molar-refractivity contribution in [3.05, 3.63) is 137 Å². The van der Waals surface area contributed by atoms with Crippen LogP contribution >= 0.6 is 11.8 Å². The number of carbonyl (C=O) groups is 2. The largest absolute Gasteiger partial charge is 0.467 e. The van der Waals surface area contributed by atoms with Crippen molar-refractivity contribution in [2.45, 2.75) is 55.7 Å². The Morgan fingerprint density at radius 3 is 2.37 bits per heavy atom. The van der Waals surface area contributed by atoms with Crippen LogP contribution in [0.5, 0.6) is 0 Å². The number of thioether (sulfide) groups is 1. The lowest BCUT2D eigenvalue weighted by Gasteiger charge is -2.36. The van der Waals surface area contributed by atoms with Crippen LogP contribution in [0.4, 0.5) is 4.79 Å². The van der Waals surface area contributed by atoms with E-state index >= 15 is 0 Å². The summed E-state index contributed by atoms with van der Waals surface area (Å²) in [6, 6.07) is 32.1.